The van der Waals surface area contributed by atoms with Crippen molar-refractivity contribution in [1.82, 2.24) is 15.1 Å². The molecule has 4 nitrogen and oxygen atoms in total. The minimum atomic E-state index is -4.46. The number of carbonyl (C=O) groups excluding carboxylic acids is 1. The van der Waals surface area contributed by atoms with Crippen LogP contribution in [0.1, 0.15) is 27.8 Å². The Hall–Kier alpha value is -2.64. The van der Waals surface area contributed by atoms with Crippen LogP contribution in [0.3, 0.4) is 0 Å². The average Bonchev–Trinajstić information content (AvgIpc) is 2.74. The fraction of sp³-hybridized carbons (Fsp3) is 0.375. The summed E-state index contributed by atoms with van der Waals surface area (Å²) >= 11 is 0. The highest BCUT2D eigenvalue weighted by Crippen LogP contribution is 2.32. The van der Waals surface area contributed by atoms with E-state index < -0.39 is 11.7 Å². The first-order chi connectivity index (χ1) is 14.8. The molecule has 0 aromatic heterocycles. The summed E-state index contributed by atoms with van der Waals surface area (Å²) in [5.41, 5.74) is 2.80. The van der Waals surface area contributed by atoms with Crippen LogP contribution in [0.25, 0.3) is 6.08 Å². The van der Waals surface area contributed by atoms with E-state index in [4.69, 9.17) is 0 Å². The molecule has 0 aliphatic carbocycles. The summed E-state index contributed by atoms with van der Waals surface area (Å²) in [6.45, 7) is 2.48. The van der Waals surface area contributed by atoms with E-state index in [1.54, 1.807) is 12.1 Å². The molecule has 1 N–H and O–H groups in total. The largest absolute Gasteiger partial charge is 0.416 e. The number of hydrogen-bond donors (Lipinski definition) is 1. The minimum absolute atomic E-state index is 0.0937. The Labute approximate surface area is 181 Å². The summed E-state index contributed by atoms with van der Waals surface area (Å²) in [6, 6.07) is 11.4. The molecule has 2 aromatic carbocycles. The van der Waals surface area contributed by atoms with E-state index in [2.05, 4.69) is 11.4 Å². The third-order valence-electron chi connectivity index (χ3n) is 5.39. The molecule has 1 amide bonds. The molecular weight excluding hydrogens is 403 g/mol. The Morgan fingerprint density at radius 1 is 1.10 bits per heavy atom. The van der Waals surface area contributed by atoms with Gasteiger partial charge in [0.15, 0.2) is 0 Å². The molecule has 0 radical (unpaired) electrons. The molecule has 1 heterocycles. The van der Waals surface area contributed by atoms with E-state index in [-0.39, 0.29) is 18.0 Å². The number of benzene rings is 2. The average molecular weight is 432 g/mol. The van der Waals surface area contributed by atoms with E-state index in [0.717, 1.165) is 31.1 Å². The number of nitrogens with zero attached hydrogens (tertiary/aromatic N) is 2. The van der Waals surface area contributed by atoms with Crippen molar-refractivity contribution < 1.29 is 18.0 Å². The number of alkyl halides is 3. The third kappa shape index (κ3) is 6.18. The second-order valence-corrected chi connectivity index (χ2v) is 7.96. The van der Waals surface area contributed by atoms with Crippen molar-refractivity contribution in [2.75, 3.05) is 33.7 Å². The third-order valence-corrected chi connectivity index (χ3v) is 5.39. The van der Waals surface area contributed by atoms with Crippen molar-refractivity contribution >= 4 is 12.0 Å². The topological polar surface area (TPSA) is 35.6 Å². The molecule has 0 bridgehead atoms. The van der Waals surface area contributed by atoms with E-state index in [0.29, 0.717) is 13.1 Å². The van der Waals surface area contributed by atoms with Gasteiger partial charge in [-0.25, -0.2) is 0 Å². The SMILES string of the molecule is CN(C)CCN(Cc1ccccc1C(F)(F)F)C(=O)/C=C/c1cccc2c1CCNC2. The zero-order valence-electron chi connectivity index (χ0n) is 17.9. The second-order valence-electron chi connectivity index (χ2n) is 7.96. The van der Waals surface area contributed by atoms with Gasteiger partial charge in [-0.2, -0.15) is 13.2 Å². The molecule has 0 saturated heterocycles. The number of fused-ring (bicyclic) bond motifs is 1. The molecule has 0 atom stereocenters. The van der Waals surface area contributed by atoms with Crippen LogP contribution in [0.2, 0.25) is 0 Å². The number of hydrogen-bond acceptors (Lipinski definition) is 3. The van der Waals surface area contributed by atoms with Gasteiger partial charge in [0.05, 0.1) is 5.56 Å². The van der Waals surface area contributed by atoms with E-state index in [1.807, 2.05) is 31.1 Å². The Morgan fingerprint density at radius 2 is 1.87 bits per heavy atom. The predicted octanol–water partition coefficient (Wildman–Crippen LogP) is 3.95. The van der Waals surface area contributed by atoms with Crippen molar-refractivity contribution in [2.45, 2.75) is 25.7 Å². The van der Waals surface area contributed by atoms with Gasteiger partial charge in [0.25, 0.3) is 0 Å². The number of likely N-dealkylation sites (N-methyl/N-ethyl adjacent to an activating group) is 1. The Morgan fingerprint density at radius 3 is 2.61 bits per heavy atom. The van der Waals surface area contributed by atoms with Crippen LogP contribution in [-0.2, 0) is 30.5 Å². The molecule has 166 valence electrons. The highest BCUT2D eigenvalue weighted by molar-refractivity contribution is 5.92. The van der Waals surface area contributed by atoms with Crippen LogP contribution in [0, 0.1) is 0 Å². The van der Waals surface area contributed by atoms with Crippen LogP contribution in [0.4, 0.5) is 13.2 Å². The van der Waals surface area contributed by atoms with Crippen LogP contribution in [-0.4, -0.2) is 49.4 Å². The summed E-state index contributed by atoms with van der Waals surface area (Å²) < 4.78 is 40.2. The Kier molecular flexibility index (Phi) is 7.51. The van der Waals surface area contributed by atoms with Gasteiger partial charge in [-0.05, 0) is 61.5 Å². The van der Waals surface area contributed by atoms with Gasteiger partial charge >= 0.3 is 6.18 Å². The minimum Gasteiger partial charge on any atom is -0.334 e. The summed E-state index contributed by atoms with van der Waals surface area (Å²) in [5, 5.41) is 3.33. The molecule has 0 spiro atoms. The molecule has 1 aliphatic rings. The maximum Gasteiger partial charge on any atom is 0.416 e. The summed E-state index contributed by atoms with van der Waals surface area (Å²) in [4.78, 5) is 16.4. The van der Waals surface area contributed by atoms with Gasteiger partial charge in [-0.15, -0.1) is 0 Å². The van der Waals surface area contributed by atoms with E-state index in [1.165, 1.54) is 34.2 Å². The molecule has 31 heavy (non-hydrogen) atoms. The normalized spacial score (nSPS) is 14.1. The molecule has 3 rings (SSSR count). The van der Waals surface area contributed by atoms with E-state index in [9.17, 15) is 18.0 Å². The first kappa shape index (κ1) is 23.0. The summed E-state index contributed by atoms with van der Waals surface area (Å²) in [5.74, 6) is -0.301. The first-order valence-electron chi connectivity index (χ1n) is 10.3. The Bertz CT molecular complexity index is 938. The van der Waals surface area contributed by atoms with Crippen LogP contribution < -0.4 is 5.32 Å². The maximum absolute atomic E-state index is 13.4. The zero-order chi connectivity index (χ0) is 22.4. The summed E-state index contributed by atoms with van der Waals surface area (Å²) in [6.07, 6.45) is -0.318. The molecule has 0 saturated carbocycles. The maximum atomic E-state index is 13.4. The van der Waals surface area contributed by atoms with Crippen molar-refractivity contribution in [3.05, 3.63) is 76.4 Å². The lowest BCUT2D eigenvalue weighted by Gasteiger charge is -2.25. The summed E-state index contributed by atoms with van der Waals surface area (Å²) in [7, 11) is 3.74. The molecule has 2 aromatic rings. The van der Waals surface area contributed by atoms with Gasteiger partial charge in [-0.1, -0.05) is 36.4 Å². The fourth-order valence-corrected chi connectivity index (χ4v) is 3.71. The zero-order valence-corrected chi connectivity index (χ0v) is 17.9. The van der Waals surface area contributed by atoms with Gasteiger partial charge in [0, 0.05) is 32.3 Å². The molecule has 0 fully saturated rings. The van der Waals surface area contributed by atoms with Gasteiger partial charge in [-0.3, -0.25) is 4.79 Å². The van der Waals surface area contributed by atoms with Gasteiger partial charge in [0.2, 0.25) is 5.91 Å². The number of carbonyl (C=O) groups is 1. The van der Waals surface area contributed by atoms with Crippen LogP contribution >= 0.6 is 0 Å². The number of rotatable bonds is 7. The molecule has 1 aliphatic heterocycles. The standard InChI is InChI=1S/C24H28F3N3O/c1-29(2)14-15-30(17-20-6-3-4-9-22(20)24(25,26)27)23(31)11-10-18-7-5-8-19-16-28-13-12-21(18)19/h3-11,28H,12-17H2,1-2H3/b11-10+. The first-order valence-corrected chi connectivity index (χ1v) is 10.3. The van der Waals surface area contributed by atoms with Crippen LogP contribution in [0.5, 0.6) is 0 Å². The van der Waals surface area contributed by atoms with Gasteiger partial charge in [0.1, 0.15) is 0 Å². The second kappa shape index (κ2) is 10.1. The van der Waals surface area contributed by atoms with Gasteiger partial charge < -0.3 is 15.1 Å². The molecule has 7 heteroatoms. The fourth-order valence-electron chi connectivity index (χ4n) is 3.71. The highest BCUT2D eigenvalue weighted by atomic mass is 19.4. The smallest absolute Gasteiger partial charge is 0.334 e. The van der Waals surface area contributed by atoms with Crippen molar-refractivity contribution in [1.29, 1.82) is 0 Å². The predicted molar refractivity (Wildman–Crippen MR) is 116 cm³/mol. The number of halogens is 3. The Balaban J connectivity index is 1.83. The highest BCUT2D eigenvalue weighted by Gasteiger charge is 2.33. The van der Waals surface area contributed by atoms with Crippen molar-refractivity contribution in [2.24, 2.45) is 0 Å². The molecule has 0 unspecified atom stereocenters. The quantitative estimate of drug-likeness (QED) is 0.675. The van der Waals surface area contributed by atoms with Crippen molar-refractivity contribution in [3.63, 3.8) is 0 Å². The van der Waals surface area contributed by atoms with Crippen LogP contribution in [0.15, 0.2) is 48.5 Å². The lowest BCUT2D eigenvalue weighted by molar-refractivity contribution is -0.139. The number of nitrogens with one attached hydrogen (secondary N) is 1. The lowest BCUT2D eigenvalue weighted by Crippen LogP contribution is -2.35. The van der Waals surface area contributed by atoms with E-state index >= 15 is 0 Å². The van der Waals surface area contributed by atoms with Crippen molar-refractivity contribution in [3.8, 4) is 0 Å². The molecular formula is C24H28F3N3O. The monoisotopic (exact) mass is 431 g/mol. The lowest BCUT2D eigenvalue weighted by atomic mass is 9.95. The number of amides is 1.